The highest BCUT2D eigenvalue weighted by atomic mass is 35.5. The van der Waals surface area contributed by atoms with Crippen LogP contribution in [-0.2, 0) is 11.3 Å². The van der Waals surface area contributed by atoms with Crippen LogP contribution in [0.1, 0.15) is 35.4 Å². The molecular weight excluding hydrogens is 394 g/mol. The highest BCUT2D eigenvalue weighted by molar-refractivity contribution is 6.30. The van der Waals surface area contributed by atoms with Gasteiger partial charge < -0.3 is 10.6 Å². The standard InChI is InChI=1S/C20H24ClN5O3/c1-2-9-26-17(27)8-7-16(23-26)20(29)25-12-10-24(11-13-25)18(19(22)28)14-3-5-15(21)6-4-14/h3-8,18H,2,9-13H2,1H3,(H2,22,28)/t18-/m1/s1. The maximum Gasteiger partial charge on any atom is 0.274 e. The number of hydrogen-bond acceptors (Lipinski definition) is 5. The van der Waals surface area contributed by atoms with Gasteiger partial charge in [-0.15, -0.1) is 0 Å². The predicted octanol–water partition coefficient (Wildman–Crippen LogP) is 1.29. The number of carbonyl (C=O) groups excluding carboxylic acids is 2. The first-order valence-corrected chi connectivity index (χ1v) is 9.94. The number of nitrogens with zero attached hydrogens (tertiary/aromatic N) is 4. The van der Waals surface area contributed by atoms with E-state index < -0.39 is 11.9 Å². The molecule has 1 aromatic heterocycles. The number of piperazine rings is 1. The fraction of sp³-hybridized carbons (Fsp3) is 0.400. The van der Waals surface area contributed by atoms with Gasteiger partial charge in [-0.05, 0) is 30.2 Å². The van der Waals surface area contributed by atoms with Crippen LogP contribution in [-0.4, -0.2) is 57.6 Å². The van der Waals surface area contributed by atoms with Crippen molar-refractivity contribution in [1.82, 2.24) is 19.6 Å². The van der Waals surface area contributed by atoms with E-state index in [1.165, 1.54) is 16.8 Å². The Labute approximate surface area is 173 Å². The normalized spacial score (nSPS) is 15.9. The third kappa shape index (κ3) is 4.83. The Morgan fingerprint density at radius 1 is 1.10 bits per heavy atom. The summed E-state index contributed by atoms with van der Waals surface area (Å²) in [5, 5.41) is 4.78. The predicted molar refractivity (Wildman–Crippen MR) is 110 cm³/mol. The summed E-state index contributed by atoms with van der Waals surface area (Å²) >= 11 is 5.93. The Kier molecular flexibility index (Phi) is 6.66. The van der Waals surface area contributed by atoms with E-state index in [-0.39, 0.29) is 17.2 Å². The second kappa shape index (κ2) is 9.19. The minimum atomic E-state index is -0.575. The number of primary amides is 1. The van der Waals surface area contributed by atoms with E-state index in [1.807, 2.05) is 11.8 Å². The van der Waals surface area contributed by atoms with E-state index >= 15 is 0 Å². The number of aryl methyl sites for hydroxylation is 1. The SMILES string of the molecule is CCCn1nc(C(=O)N2CCN([C@@H](C(N)=O)c3ccc(Cl)cc3)CC2)ccc1=O. The molecular formula is C20H24ClN5O3. The zero-order valence-electron chi connectivity index (χ0n) is 16.3. The van der Waals surface area contributed by atoms with Gasteiger partial charge in [0.1, 0.15) is 11.7 Å². The quantitative estimate of drug-likeness (QED) is 0.763. The van der Waals surface area contributed by atoms with Gasteiger partial charge >= 0.3 is 0 Å². The number of benzene rings is 1. The van der Waals surface area contributed by atoms with E-state index in [0.717, 1.165) is 12.0 Å². The van der Waals surface area contributed by atoms with Gasteiger partial charge in [0.2, 0.25) is 5.91 Å². The maximum absolute atomic E-state index is 12.8. The minimum absolute atomic E-state index is 0.222. The van der Waals surface area contributed by atoms with E-state index in [1.54, 1.807) is 29.2 Å². The minimum Gasteiger partial charge on any atom is -0.368 e. The molecule has 0 spiro atoms. The first-order chi connectivity index (χ1) is 13.9. The lowest BCUT2D eigenvalue weighted by atomic mass is 10.0. The van der Waals surface area contributed by atoms with Crippen molar-refractivity contribution in [2.45, 2.75) is 25.9 Å². The fourth-order valence-corrected chi connectivity index (χ4v) is 3.61. The van der Waals surface area contributed by atoms with Crippen LogP contribution in [0.15, 0.2) is 41.2 Å². The average molecular weight is 418 g/mol. The second-order valence-corrected chi connectivity index (χ2v) is 7.40. The van der Waals surface area contributed by atoms with Crippen molar-refractivity contribution in [3.05, 3.63) is 63.0 Å². The maximum atomic E-state index is 12.8. The molecule has 0 unspecified atom stereocenters. The molecule has 2 amide bonds. The largest absolute Gasteiger partial charge is 0.368 e. The van der Waals surface area contributed by atoms with E-state index in [0.29, 0.717) is 37.7 Å². The van der Waals surface area contributed by atoms with Gasteiger partial charge in [-0.3, -0.25) is 19.3 Å². The lowest BCUT2D eigenvalue weighted by Crippen LogP contribution is -2.52. The van der Waals surface area contributed by atoms with Crippen molar-refractivity contribution in [2.75, 3.05) is 26.2 Å². The molecule has 0 saturated carbocycles. The van der Waals surface area contributed by atoms with Crippen LogP contribution >= 0.6 is 11.6 Å². The molecule has 0 aliphatic carbocycles. The summed E-state index contributed by atoms with van der Waals surface area (Å²) in [6.45, 7) is 4.27. The van der Waals surface area contributed by atoms with Crippen LogP contribution in [0.25, 0.3) is 0 Å². The molecule has 1 aliphatic heterocycles. The van der Waals surface area contributed by atoms with Crippen LogP contribution in [0.3, 0.4) is 0 Å². The number of aromatic nitrogens is 2. The van der Waals surface area contributed by atoms with Crippen molar-refractivity contribution < 1.29 is 9.59 Å². The third-order valence-electron chi connectivity index (χ3n) is 4.94. The molecule has 2 heterocycles. The molecule has 29 heavy (non-hydrogen) atoms. The molecule has 3 rings (SSSR count). The zero-order chi connectivity index (χ0) is 21.0. The molecule has 2 aromatic rings. The number of halogens is 1. The molecule has 1 saturated heterocycles. The lowest BCUT2D eigenvalue weighted by molar-refractivity contribution is -0.124. The summed E-state index contributed by atoms with van der Waals surface area (Å²) in [6.07, 6.45) is 0.752. The van der Waals surface area contributed by atoms with Crippen LogP contribution in [0.2, 0.25) is 5.02 Å². The summed E-state index contributed by atoms with van der Waals surface area (Å²) in [7, 11) is 0. The molecule has 2 N–H and O–H groups in total. The summed E-state index contributed by atoms with van der Waals surface area (Å²) in [4.78, 5) is 40.3. The molecule has 0 bridgehead atoms. The smallest absolute Gasteiger partial charge is 0.274 e. The van der Waals surface area contributed by atoms with Gasteiger partial charge in [0.15, 0.2) is 0 Å². The molecule has 9 heteroatoms. The zero-order valence-corrected chi connectivity index (χ0v) is 17.0. The topological polar surface area (TPSA) is 102 Å². The van der Waals surface area contributed by atoms with Gasteiger partial charge in [-0.2, -0.15) is 5.10 Å². The van der Waals surface area contributed by atoms with Crippen molar-refractivity contribution in [1.29, 1.82) is 0 Å². The van der Waals surface area contributed by atoms with Crippen LogP contribution in [0, 0.1) is 0 Å². The monoisotopic (exact) mass is 417 g/mol. The van der Waals surface area contributed by atoms with Gasteiger partial charge in [0.05, 0.1) is 0 Å². The van der Waals surface area contributed by atoms with Crippen LogP contribution in [0.5, 0.6) is 0 Å². The lowest BCUT2D eigenvalue weighted by Gasteiger charge is -2.38. The molecule has 1 fully saturated rings. The van der Waals surface area contributed by atoms with Gasteiger partial charge in [-0.1, -0.05) is 30.7 Å². The Bertz CT molecular complexity index is 936. The molecule has 154 valence electrons. The van der Waals surface area contributed by atoms with Gasteiger partial charge in [0.25, 0.3) is 11.5 Å². The van der Waals surface area contributed by atoms with Gasteiger partial charge in [0, 0.05) is 43.8 Å². The summed E-state index contributed by atoms with van der Waals surface area (Å²) in [5.41, 5.74) is 6.44. The Morgan fingerprint density at radius 2 is 1.76 bits per heavy atom. The molecule has 1 atom stereocenters. The highest BCUT2D eigenvalue weighted by Crippen LogP contribution is 2.24. The summed E-state index contributed by atoms with van der Waals surface area (Å²) in [6, 6.07) is 9.28. The van der Waals surface area contributed by atoms with E-state index in [9.17, 15) is 14.4 Å². The van der Waals surface area contributed by atoms with Crippen molar-refractivity contribution in [2.24, 2.45) is 5.73 Å². The molecule has 0 radical (unpaired) electrons. The molecule has 1 aliphatic rings. The number of hydrogen-bond donors (Lipinski definition) is 1. The average Bonchev–Trinajstić information content (AvgIpc) is 2.71. The van der Waals surface area contributed by atoms with E-state index in [2.05, 4.69) is 5.10 Å². The van der Waals surface area contributed by atoms with Crippen molar-refractivity contribution in [3.63, 3.8) is 0 Å². The number of amides is 2. The second-order valence-electron chi connectivity index (χ2n) is 6.96. The summed E-state index contributed by atoms with van der Waals surface area (Å²) in [5.74, 6) is -0.669. The van der Waals surface area contributed by atoms with Crippen LogP contribution < -0.4 is 11.3 Å². The van der Waals surface area contributed by atoms with Gasteiger partial charge in [-0.25, -0.2) is 4.68 Å². The first-order valence-electron chi connectivity index (χ1n) is 9.57. The number of rotatable bonds is 6. The Morgan fingerprint density at radius 3 is 2.34 bits per heavy atom. The van der Waals surface area contributed by atoms with Crippen molar-refractivity contribution in [3.8, 4) is 0 Å². The fourth-order valence-electron chi connectivity index (χ4n) is 3.48. The summed E-state index contributed by atoms with van der Waals surface area (Å²) < 4.78 is 1.31. The first kappa shape index (κ1) is 21.0. The van der Waals surface area contributed by atoms with Crippen molar-refractivity contribution >= 4 is 23.4 Å². The molecule has 1 aromatic carbocycles. The Balaban J connectivity index is 1.70. The number of carbonyl (C=O) groups is 2. The highest BCUT2D eigenvalue weighted by Gasteiger charge is 2.31. The third-order valence-corrected chi connectivity index (χ3v) is 5.19. The number of nitrogens with two attached hydrogens (primary N) is 1. The van der Waals surface area contributed by atoms with E-state index in [4.69, 9.17) is 17.3 Å². The Hall–Kier alpha value is -2.71. The van der Waals surface area contributed by atoms with Crippen LogP contribution in [0.4, 0.5) is 0 Å². The molecule has 8 nitrogen and oxygen atoms in total.